The standard InChI is InChI=1S/C10H10ClFO2/c1-6(12)9(10(13)14)7-3-2-4-8(11)5-7/h2-6,9H,1H3,(H,13,14). The molecule has 1 rings (SSSR count). The van der Waals surface area contributed by atoms with Crippen molar-refractivity contribution in [3.63, 3.8) is 0 Å². The van der Waals surface area contributed by atoms with Gasteiger partial charge in [-0.1, -0.05) is 23.7 Å². The third-order valence-electron chi connectivity index (χ3n) is 1.93. The van der Waals surface area contributed by atoms with E-state index in [4.69, 9.17) is 16.7 Å². The topological polar surface area (TPSA) is 37.3 Å². The van der Waals surface area contributed by atoms with E-state index in [1.54, 1.807) is 18.2 Å². The molecule has 2 atom stereocenters. The minimum absolute atomic E-state index is 0.389. The summed E-state index contributed by atoms with van der Waals surface area (Å²) in [6, 6.07) is 6.25. The molecule has 14 heavy (non-hydrogen) atoms. The summed E-state index contributed by atoms with van der Waals surface area (Å²) in [4.78, 5) is 10.8. The quantitative estimate of drug-likeness (QED) is 0.844. The molecule has 0 fully saturated rings. The molecule has 1 aromatic carbocycles. The van der Waals surface area contributed by atoms with Gasteiger partial charge in [-0.2, -0.15) is 0 Å². The van der Waals surface area contributed by atoms with Crippen LogP contribution in [0.3, 0.4) is 0 Å². The van der Waals surface area contributed by atoms with Crippen LogP contribution in [0.5, 0.6) is 0 Å². The predicted octanol–water partition coefficient (Wildman–Crippen LogP) is 2.87. The van der Waals surface area contributed by atoms with Gasteiger partial charge in [-0.15, -0.1) is 0 Å². The van der Waals surface area contributed by atoms with E-state index in [2.05, 4.69) is 0 Å². The number of carbonyl (C=O) groups is 1. The van der Waals surface area contributed by atoms with Gasteiger partial charge in [-0.05, 0) is 24.6 Å². The lowest BCUT2D eigenvalue weighted by Gasteiger charge is -2.13. The van der Waals surface area contributed by atoms with Crippen molar-refractivity contribution in [2.75, 3.05) is 0 Å². The minimum Gasteiger partial charge on any atom is -0.481 e. The fourth-order valence-corrected chi connectivity index (χ4v) is 1.50. The van der Waals surface area contributed by atoms with Crippen molar-refractivity contribution < 1.29 is 14.3 Å². The lowest BCUT2D eigenvalue weighted by molar-refractivity contribution is -0.140. The van der Waals surface area contributed by atoms with Crippen LogP contribution in [0.25, 0.3) is 0 Å². The third-order valence-corrected chi connectivity index (χ3v) is 2.17. The number of carboxylic acids is 1. The normalized spacial score (nSPS) is 14.8. The van der Waals surface area contributed by atoms with Gasteiger partial charge >= 0.3 is 5.97 Å². The van der Waals surface area contributed by atoms with Gasteiger partial charge in [0.2, 0.25) is 0 Å². The van der Waals surface area contributed by atoms with Crippen molar-refractivity contribution in [3.8, 4) is 0 Å². The molecule has 0 spiro atoms. The highest BCUT2D eigenvalue weighted by Crippen LogP contribution is 2.24. The molecule has 0 heterocycles. The van der Waals surface area contributed by atoms with Crippen molar-refractivity contribution in [1.29, 1.82) is 0 Å². The summed E-state index contributed by atoms with van der Waals surface area (Å²) in [5, 5.41) is 9.22. The molecule has 0 radical (unpaired) electrons. The predicted molar refractivity (Wildman–Crippen MR) is 52.4 cm³/mol. The van der Waals surface area contributed by atoms with Crippen molar-refractivity contribution in [2.24, 2.45) is 0 Å². The Morgan fingerprint density at radius 1 is 1.57 bits per heavy atom. The van der Waals surface area contributed by atoms with Crippen LogP contribution in [0, 0.1) is 0 Å². The smallest absolute Gasteiger partial charge is 0.313 e. The Hall–Kier alpha value is -1.09. The first-order valence-corrected chi connectivity index (χ1v) is 4.52. The molecule has 0 aliphatic heterocycles. The van der Waals surface area contributed by atoms with Crippen LogP contribution in [0.1, 0.15) is 18.4 Å². The first kappa shape index (κ1) is 11.0. The maximum absolute atomic E-state index is 13.0. The Bertz CT molecular complexity index is 339. The van der Waals surface area contributed by atoms with E-state index in [9.17, 15) is 9.18 Å². The fourth-order valence-electron chi connectivity index (χ4n) is 1.30. The van der Waals surface area contributed by atoms with Crippen LogP contribution in [-0.4, -0.2) is 17.2 Å². The van der Waals surface area contributed by atoms with E-state index >= 15 is 0 Å². The number of aliphatic carboxylic acids is 1. The zero-order valence-corrected chi connectivity index (χ0v) is 8.33. The summed E-state index contributed by atoms with van der Waals surface area (Å²) in [6.45, 7) is 1.22. The summed E-state index contributed by atoms with van der Waals surface area (Å²) in [5.41, 5.74) is 0.389. The number of rotatable bonds is 3. The zero-order valence-electron chi connectivity index (χ0n) is 7.58. The molecule has 76 valence electrons. The Kier molecular flexibility index (Phi) is 3.47. The van der Waals surface area contributed by atoms with E-state index in [-0.39, 0.29) is 0 Å². The van der Waals surface area contributed by atoms with E-state index in [1.807, 2.05) is 0 Å². The average molecular weight is 217 g/mol. The zero-order chi connectivity index (χ0) is 10.7. The summed E-state index contributed by atoms with van der Waals surface area (Å²) in [7, 11) is 0. The van der Waals surface area contributed by atoms with Gasteiger partial charge in [-0.3, -0.25) is 4.79 Å². The van der Waals surface area contributed by atoms with Gasteiger partial charge in [0.25, 0.3) is 0 Å². The third kappa shape index (κ3) is 2.45. The summed E-state index contributed by atoms with van der Waals surface area (Å²) >= 11 is 5.68. The molecule has 0 saturated heterocycles. The van der Waals surface area contributed by atoms with Crippen LogP contribution >= 0.6 is 11.6 Å². The van der Waals surface area contributed by atoms with Gasteiger partial charge < -0.3 is 5.11 Å². The first-order chi connectivity index (χ1) is 6.52. The van der Waals surface area contributed by atoms with Crippen molar-refractivity contribution in [3.05, 3.63) is 34.9 Å². The Morgan fingerprint density at radius 2 is 2.21 bits per heavy atom. The molecule has 1 N–H and O–H groups in total. The number of hydrogen-bond acceptors (Lipinski definition) is 1. The van der Waals surface area contributed by atoms with Crippen LogP contribution in [0.15, 0.2) is 24.3 Å². The molecule has 0 amide bonds. The first-order valence-electron chi connectivity index (χ1n) is 4.14. The van der Waals surface area contributed by atoms with Gasteiger partial charge in [-0.25, -0.2) is 4.39 Å². The highest BCUT2D eigenvalue weighted by molar-refractivity contribution is 6.30. The average Bonchev–Trinajstić information content (AvgIpc) is 2.02. The van der Waals surface area contributed by atoms with Crippen molar-refractivity contribution in [2.45, 2.75) is 19.0 Å². The van der Waals surface area contributed by atoms with Crippen molar-refractivity contribution in [1.82, 2.24) is 0 Å². The Labute approximate surface area is 86.3 Å². The lowest BCUT2D eigenvalue weighted by Crippen LogP contribution is -2.20. The highest BCUT2D eigenvalue weighted by Gasteiger charge is 2.26. The summed E-state index contributed by atoms with van der Waals surface area (Å²) in [6.07, 6.45) is -1.44. The Balaban J connectivity index is 3.05. The molecule has 0 aliphatic rings. The molecule has 2 unspecified atom stereocenters. The van der Waals surface area contributed by atoms with Gasteiger partial charge in [0, 0.05) is 5.02 Å². The number of hydrogen-bond donors (Lipinski definition) is 1. The van der Waals surface area contributed by atoms with Crippen molar-refractivity contribution >= 4 is 17.6 Å². The van der Waals surface area contributed by atoms with E-state index in [0.717, 1.165) is 0 Å². The van der Waals surface area contributed by atoms with Gasteiger partial charge in [0.05, 0.1) is 0 Å². The minimum atomic E-state index is -1.44. The fraction of sp³-hybridized carbons (Fsp3) is 0.300. The largest absolute Gasteiger partial charge is 0.481 e. The van der Waals surface area contributed by atoms with Crippen LogP contribution < -0.4 is 0 Å². The second kappa shape index (κ2) is 4.42. The van der Waals surface area contributed by atoms with Crippen LogP contribution in [-0.2, 0) is 4.79 Å². The van der Waals surface area contributed by atoms with Crippen LogP contribution in [0.4, 0.5) is 4.39 Å². The lowest BCUT2D eigenvalue weighted by atomic mass is 9.95. The number of alkyl halides is 1. The molecule has 0 aliphatic carbocycles. The molecular formula is C10H10ClFO2. The molecule has 0 bridgehead atoms. The SMILES string of the molecule is CC(F)C(C(=O)O)c1cccc(Cl)c1. The van der Waals surface area contributed by atoms with Gasteiger partial charge in [0.1, 0.15) is 12.1 Å². The number of halogens is 2. The molecular weight excluding hydrogens is 207 g/mol. The molecule has 1 aromatic rings. The maximum atomic E-state index is 13.0. The second-order valence-corrected chi connectivity index (χ2v) is 3.48. The summed E-state index contributed by atoms with van der Waals surface area (Å²) < 4.78 is 13.0. The monoisotopic (exact) mass is 216 g/mol. The van der Waals surface area contributed by atoms with Gasteiger partial charge in [0.15, 0.2) is 0 Å². The molecule has 0 aromatic heterocycles. The Morgan fingerprint density at radius 3 is 2.64 bits per heavy atom. The maximum Gasteiger partial charge on any atom is 0.313 e. The highest BCUT2D eigenvalue weighted by atomic mass is 35.5. The van der Waals surface area contributed by atoms with E-state index < -0.39 is 18.1 Å². The number of benzene rings is 1. The van der Waals surface area contributed by atoms with Crippen LogP contribution in [0.2, 0.25) is 5.02 Å². The second-order valence-electron chi connectivity index (χ2n) is 3.05. The molecule has 0 saturated carbocycles. The number of carboxylic acid groups (broad SMARTS) is 1. The molecule has 4 heteroatoms. The molecule has 2 nitrogen and oxygen atoms in total. The summed E-state index contributed by atoms with van der Waals surface area (Å²) in [5.74, 6) is -2.32. The van der Waals surface area contributed by atoms with E-state index in [1.165, 1.54) is 13.0 Å². The van der Waals surface area contributed by atoms with E-state index in [0.29, 0.717) is 10.6 Å².